The molecule has 2 aliphatic rings. The highest BCUT2D eigenvalue weighted by molar-refractivity contribution is 6.19. The number of aromatic nitrogens is 2. The normalized spacial score (nSPS) is 18.1. The minimum absolute atomic E-state index is 0.00515. The highest BCUT2D eigenvalue weighted by Crippen LogP contribution is 2.27. The van der Waals surface area contributed by atoms with Crippen LogP contribution in [0.25, 0.3) is 0 Å². The van der Waals surface area contributed by atoms with Gasteiger partial charge in [0.1, 0.15) is 18.3 Å². The van der Waals surface area contributed by atoms with Crippen LogP contribution in [0.1, 0.15) is 18.5 Å². The average molecular weight is 362 g/mol. The Morgan fingerprint density at radius 1 is 1.07 bits per heavy atom. The smallest absolute Gasteiger partial charge is 0.332 e. The zero-order chi connectivity index (χ0) is 18.8. The number of carbonyl (C=O) groups is 2. The first-order chi connectivity index (χ1) is 13.2. The molecule has 3 amide bonds. The molecule has 0 aliphatic carbocycles. The number of hydrogen-bond donors (Lipinski definition) is 0. The van der Waals surface area contributed by atoms with Crippen molar-refractivity contribution >= 4 is 23.6 Å². The van der Waals surface area contributed by atoms with E-state index in [4.69, 9.17) is 5.26 Å². The number of hydrogen-bond acceptors (Lipinski definition) is 6. The molecule has 2 fully saturated rings. The molecule has 3 heterocycles. The number of nitriles is 1. The van der Waals surface area contributed by atoms with Crippen LogP contribution in [0, 0.1) is 11.3 Å². The van der Waals surface area contributed by atoms with Crippen molar-refractivity contribution in [2.75, 3.05) is 29.4 Å². The second-order valence-corrected chi connectivity index (χ2v) is 6.55. The van der Waals surface area contributed by atoms with Gasteiger partial charge in [-0.3, -0.25) is 4.79 Å². The van der Waals surface area contributed by atoms with Crippen molar-refractivity contribution < 1.29 is 9.59 Å². The van der Waals surface area contributed by atoms with E-state index in [9.17, 15) is 9.59 Å². The van der Waals surface area contributed by atoms with Crippen molar-refractivity contribution in [3.63, 3.8) is 0 Å². The van der Waals surface area contributed by atoms with Crippen LogP contribution in [0.15, 0.2) is 42.6 Å². The van der Waals surface area contributed by atoms with Crippen molar-refractivity contribution in [2.45, 2.75) is 18.9 Å². The summed E-state index contributed by atoms with van der Waals surface area (Å²) in [6.07, 6.45) is 3.02. The van der Waals surface area contributed by atoms with Gasteiger partial charge in [-0.2, -0.15) is 5.26 Å². The third-order valence-corrected chi connectivity index (χ3v) is 4.95. The van der Waals surface area contributed by atoms with Crippen LogP contribution in [-0.4, -0.2) is 52.5 Å². The Bertz CT molecular complexity index is 902. The Kier molecular flexibility index (Phi) is 4.42. The number of amides is 3. The molecule has 2 saturated heterocycles. The molecule has 1 aromatic carbocycles. The SMILES string of the molecule is N#Cc1ccnc(N2CCC(N3CC(=O)N(c4ccccc4)C3=O)CC2)n1. The molecule has 0 atom stereocenters. The Balaban J connectivity index is 1.43. The van der Waals surface area contributed by atoms with Gasteiger partial charge in [0.15, 0.2) is 0 Å². The summed E-state index contributed by atoms with van der Waals surface area (Å²) in [5, 5.41) is 8.98. The maximum atomic E-state index is 12.8. The molecule has 2 aliphatic heterocycles. The highest BCUT2D eigenvalue weighted by Gasteiger charge is 2.41. The van der Waals surface area contributed by atoms with Gasteiger partial charge in [0.05, 0.1) is 5.69 Å². The van der Waals surface area contributed by atoms with Gasteiger partial charge in [0.2, 0.25) is 5.95 Å². The lowest BCUT2D eigenvalue weighted by Crippen LogP contribution is -2.47. The van der Waals surface area contributed by atoms with Gasteiger partial charge in [-0.15, -0.1) is 0 Å². The molecule has 0 bridgehead atoms. The number of imide groups is 1. The third kappa shape index (κ3) is 3.19. The van der Waals surface area contributed by atoms with Crippen LogP contribution in [0.5, 0.6) is 0 Å². The number of urea groups is 1. The first-order valence-corrected chi connectivity index (χ1v) is 8.84. The maximum Gasteiger partial charge on any atom is 0.332 e. The summed E-state index contributed by atoms with van der Waals surface area (Å²) in [5.74, 6) is 0.334. The largest absolute Gasteiger partial charge is 0.341 e. The van der Waals surface area contributed by atoms with Gasteiger partial charge >= 0.3 is 6.03 Å². The monoisotopic (exact) mass is 362 g/mol. The second-order valence-electron chi connectivity index (χ2n) is 6.55. The lowest BCUT2D eigenvalue weighted by molar-refractivity contribution is -0.116. The lowest BCUT2D eigenvalue weighted by Gasteiger charge is -2.36. The topological polar surface area (TPSA) is 93.4 Å². The molecule has 0 saturated carbocycles. The summed E-state index contributed by atoms with van der Waals surface area (Å²) in [4.78, 5) is 38.6. The Morgan fingerprint density at radius 2 is 1.81 bits per heavy atom. The van der Waals surface area contributed by atoms with Crippen molar-refractivity contribution in [2.24, 2.45) is 0 Å². The fraction of sp³-hybridized carbons (Fsp3) is 0.316. The first kappa shape index (κ1) is 17.0. The summed E-state index contributed by atoms with van der Waals surface area (Å²) in [5.41, 5.74) is 0.940. The summed E-state index contributed by atoms with van der Waals surface area (Å²) in [6, 6.07) is 12.3. The van der Waals surface area contributed by atoms with Crippen LogP contribution >= 0.6 is 0 Å². The molecular weight excluding hydrogens is 344 g/mol. The van der Waals surface area contributed by atoms with Crippen LogP contribution in [-0.2, 0) is 4.79 Å². The molecule has 4 rings (SSSR count). The number of rotatable bonds is 3. The van der Waals surface area contributed by atoms with Gasteiger partial charge in [-0.1, -0.05) is 18.2 Å². The standard InChI is InChI=1S/C19H18N6O2/c20-12-14-6-9-21-18(22-14)23-10-7-15(8-11-23)24-13-17(26)25(19(24)27)16-4-2-1-3-5-16/h1-6,9,15H,7-8,10-11,13H2. The number of carbonyl (C=O) groups excluding carboxylic acids is 2. The molecule has 27 heavy (non-hydrogen) atoms. The zero-order valence-electron chi connectivity index (χ0n) is 14.7. The van der Waals surface area contributed by atoms with Crippen molar-refractivity contribution in [3.8, 4) is 6.07 Å². The van der Waals surface area contributed by atoms with Gasteiger partial charge in [0, 0.05) is 25.3 Å². The Labute approximate surface area is 156 Å². The van der Waals surface area contributed by atoms with Crippen LogP contribution in [0.3, 0.4) is 0 Å². The van der Waals surface area contributed by atoms with E-state index in [0.717, 1.165) is 12.8 Å². The van der Waals surface area contributed by atoms with Crippen LogP contribution < -0.4 is 9.80 Å². The molecule has 8 nitrogen and oxygen atoms in total. The quantitative estimate of drug-likeness (QED) is 0.773. The predicted molar refractivity (Wildman–Crippen MR) is 98.0 cm³/mol. The number of piperidine rings is 1. The lowest BCUT2D eigenvalue weighted by atomic mass is 10.0. The minimum atomic E-state index is -0.257. The highest BCUT2D eigenvalue weighted by atomic mass is 16.2. The molecule has 0 unspecified atom stereocenters. The molecule has 0 spiro atoms. The number of benzene rings is 1. The van der Waals surface area contributed by atoms with Gasteiger partial charge < -0.3 is 9.80 Å². The first-order valence-electron chi connectivity index (χ1n) is 8.84. The summed E-state index contributed by atoms with van der Waals surface area (Å²) in [7, 11) is 0. The van der Waals surface area contributed by atoms with Gasteiger partial charge in [-0.05, 0) is 31.0 Å². The van der Waals surface area contributed by atoms with Crippen molar-refractivity contribution in [1.29, 1.82) is 5.26 Å². The Hall–Kier alpha value is -3.47. The van der Waals surface area contributed by atoms with Crippen molar-refractivity contribution in [3.05, 3.63) is 48.3 Å². The van der Waals surface area contributed by atoms with E-state index in [2.05, 4.69) is 9.97 Å². The number of nitrogens with zero attached hydrogens (tertiary/aromatic N) is 6. The predicted octanol–water partition coefficient (Wildman–Crippen LogP) is 1.79. The maximum absolute atomic E-state index is 12.8. The number of anilines is 2. The molecule has 2 aromatic rings. The van der Waals surface area contributed by atoms with Crippen molar-refractivity contribution in [1.82, 2.24) is 14.9 Å². The van der Waals surface area contributed by atoms with E-state index in [0.29, 0.717) is 30.4 Å². The van der Waals surface area contributed by atoms with E-state index >= 15 is 0 Å². The van der Waals surface area contributed by atoms with Gasteiger partial charge in [0.25, 0.3) is 5.91 Å². The average Bonchev–Trinajstić information content (AvgIpc) is 3.03. The fourth-order valence-corrected chi connectivity index (χ4v) is 3.58. The van der Waals surface area contributed by atoms with Gasteiger partial charge in [-0.25, -0.2) is 19.7 Å². The summed E-state index contributed by atoms with van der Waals surface area (Å²) < 4.78 is 0. The van der Waals surface area contributed by atoms with Crippen LogP contribution in [0.2, 0.25) is 0 Å². The molecule has 1 aromatic heterocycles. The zero-order valence-corrected chi connectivity index (χ0v) is 14.7. The molecule has 136 valence electrons. The van der Waals surface area contributed by atoms with E-state index in [-0.39, 0.29) is 24.5 Å². The summed E-state index contributed by atoms with van der Waals surface area (Å²) in [6.45, 7) is 1.45. The molecule has 0 N–H and O–H groups in total. The minimum Gasteiger partial charge on any atom is -0.341 e. The summed E-state index contributed by atoms with van der Waals surface area (Å²) >= 11 is 0. The van der Waals surface area contributed by atoms with E-state index in [1.165, 1.54) is 4.90 Å². The van der Waals surface area contributed by atoms with E-state index in [1.807, 2.05) is 29.2 Å². The van der Waals surface area contributed by atoms with E-state index < -0.39 is 0 Å². The second kappa shape index (κ2) is 7.03. The molecule has 8 heteroatoms. The Morgan fingerprint density at radius 3 is 2.52 bits per heavy atom. The third-order valence-electron chi connectivity index (χ3n) is 4.95. The molecule has 0 radical (unpaired) electrons. The fourth-order valence-electron chi connectivity index (χ4n) is 3.58. The number of para-hydroxylation sites is 1. The van der Waals surface area contributed by atoms with Crippen LogP contribution in [0.4, 0.5) is 16.4 Å². The molecular formula is C19H18N6O2. The van der Waals surface area contributed by atoms with E-state index in [1.54, 1.807) is 29.3 Å².